The maximum Gasteiger partial charge on any atom is -0.00209 e. The monoisotopic (exact) mass is 124 g/mol. The first kappa shape index (κ1) is 5.57. The van der Waals surface area contributed by atoms with Crippen LogP contribution in [0.15, 0.2) is 22.9 Å². The maximum absolute atomic E-state index is 2.12. The van der Waals surface area contributed by atoms with Crippen LogP contribution in [0.2, 0.25) is 0 Å². The van der Waals surface area contributed by atoms with E-state index >= 15 is 0 Å². The highest BCUT2D eigenvalue weighted by Crippen LogP contribution is 2.06. The molecule has 0 bridgehead atoms. The van der Waals surface area contributed by atoms with Gasteiger partial charge >= 0.3 is 0 Å². The van der Waals surface area contributed by atoms with Crippen LogP contribution in [-0.2, 0) is 0 Å². The molecule has 0 atom stereocenters. The highest BCUT2D eigenvalue weighted by atomic mass is 32.1. The van der Waals surface area contributed by atoms with Crippen LogP contribution in [0, 0.1) is 0 Å². The lowest BCUT2D eigenvalue weighted by molar-refractivity contribution is 1.76. The normalized spacial score (nSPS) is 10.6. The molecule has 8 heavy (non-hydrogen) atoms. The van der Waals surface area contributed by atoms with E-state index in [2.05, 4.69) is 22.9 Å². The fourth-order valence-corrected chi connectivity index (χ4v) is 1.19. The van der Waals surface area contributed by atoms with E-state index < -0.39 is 0 Å². The third-order valence-electron chi connectivity index (χ3n) is 0.902. The van der Waals surface area contributed by atoms with Crippen molar-refractivity contribution >= 4 is 17.4 Å². The Bertz CT molecular complexity index is 161. The van der Waals surface area contributed by atoms with Crippen LogP contribution in [0.3, 0.4) is 0 Å². The van der Waals surface area contributed by atoms with E-state index in [0.717, 1.165) is 0 Å². The van der Waals surface area contributed by atoms with Crippen molar-refractivity contribution in [2.45, 2.75) is 6.92 Å². The summed E-state index contributed by atoms with van der Waals surface area (Å²) in [5.41, 5.74) is 1.30. The van der Waals surface area contributed by atoms with Crippen LogP contribution >= 0.6 is 11.3 Å². The molecular formula is C7H8S. The van der Waals surface area contributed by atoms with Crippen LogP contribution in [0.1, 0.15) is 12.5 Å². The van der Waals surface area contributed by atoms with Crippen LogP contribution in [0.5, 0.6) is 0 Å². The summed E-state index contributed by atoms with van der Waals surface area (Å²) in [5, 5.41) is 4.20. The molecule has 0 aliphatic heterocycles. The Balaban J connectivity index is 2.77. The second-order valence-corrected chi connectivity index (χ2v) is 2.34. The molecule has 0 nitrogen and oxygen atoms in total. The van der Waals surface area contributed by atoms with Crippen LogP contribution < -0.4 is 0 Å². The van der Waals surface area contributed by atoms with E-state index in [9.17, 15) is 0 Å². The van der Waals surface area contributed by atoms with Crippen molar-refractivity contribution in [1.29, 1.82) is 0 Å². The smallest absolute Gasteiger partial charge is 0.00209 e. The zero-order valence-electron chi connectivity index (χ0n) is 4.79. The van der Waals surface area contributed by atoms with E-state index in [1.54, 1.807) is 11.3 Å². The lowest BCUT2D eigenvalue weighted by Crippen LogP contribution is -1.53. The molecule has 0 unspecified atom stereocenters. The number of hydrogen-bond acceptors (Lipinski definition) is 1. The summed E-state index contributed by atoms with van der Waals surface area (Å²) in [4.78, 5) is 0. The van der Waals surface area contributed by atoms with Crippen LogP contribution in [-0.4, -0.2) is 0 Å². The quantitative estimate of drug-likeness (QED) is 0.540. The topological polar surface area (TPSA) is 0 Å². The lowest BCUT2D eigenvalue weighted by atomic mass is 10.3. The van der Waals surface area contributed by atoms with Gasteiger partial charge in [-0.05, 0) is 29.3 Å². The Hall–Kier alpha value is -0.560. The largest absolute Gasteiger partial charge is 0.152 e. The first-order chi connectivity index (χ1) is 3.93. The average molecular weight is 124 g/mol. The molecule has 0 spiro atoms. The van der Waals surface area contributed by atoms with Crippen LogP contribution in [0.25, 0.3) is 6.08 Å². The molecule has 1 rings (SSSR count). The summed E-state index contributed by atoms with van der Waals surface area (Å²) >= 11 is 1.73. The number of hydrogen-bond donors (Lipinski definition) is 0. The van der Waals surface area contributed by atoms with Crippen molar-refractivity contribution in [1.82, 2.24) is 0 Å². The molecule has 1 heterocycles. The minimum atomic E-state index is 1.30. The van der Waals surface area contributed by atoms with Gasteiger partial charge in [0.1, 0.15) is 0 Å². The van der Waals surface area contributed by atoms with Crippen molar-refractivity contribution in [2.24, 2.45) is 0 Å². The third kappa shape index (κ3) is 1.20. The van der Waals surface area contributed by atoms with E-state index in [4.69, 9.17) is 0 Å². The van der Waals surface area contributed by atoms with Gasteiger partial charge in [0, 0.05) is 0 Å². The highest BCUT2D eigenvalue weighted by Gasteiger charge is 1.80. The summed E-state index contributed by atoms with van der Waals surface area (Å²) < 4.78 is 0. The molecule has 42 valence electrons. The van der Waals surface area contributed by atoms with Gasteiger partial charge in [0.25, 0.3) is 0 Å². The first-order valence-corrected chi connectivity index (χ1v) is 3.52. The minimum Gasteiger partial charge on any atom is -0.152 e. The Labute approximate surface area is 53.5 Å². The molecule has 1 aromatic rings. The van der Waals surface area contributed by atoms with Gasteiger partial charge in [0.2, 0.25) is 0 Å². The molecule has 0 saturated carbocycles. The first-order valence-electron chi connectivity index (χ1n) is 2.58. The molecule has 0 N–H and O–H groups in total. The molecule has 0 fully saturated rings. The number of allylic oxidation sites excluding steroid dienone is 1. The van der Waals surface area contributed by atoms with Crippen LogP contribution in [0.4, 0.5) is 0 Å². The zero-order valence-corrected chi connectivity index (χ0v) is 5.61. The van der Waals surface area contributed by atoms with Crippen molar-refractivity contribution in [3.8, 4) is 0 Å². The molecule has 1 heteroatoms. The molecular weight excluding hydrogens is 116 g/mol. The standard InChI is InChI=1S/C7H8S/c1-2-3-7-4-5-8-6-7/h2-6H,1H3. The maximum atomic E-state index is 2.12. The van der Waals surface area contributed by atoms with Gasteiger partial charge in [-0.25, -0.2) is 0 Å². The number of rotatable bonds is 1. The summed E-state index contributed by atoms with van der Waals surface area (Å²) in [5.74, 6) is 0. The van der Waals surface area contributed by atoms with Gasteiger partial charge in [-0.3, -0.25) is 0 Å². The van der Waals surface area contributed by atoms with Crippen molar-refractivity contribution in [3.63, 3.8) is 0 Å². The predicted octanol–water partition coefficient (Wildman–Crippen LogP) is 2.78. The van der Waals surface area contributed by atoms with Crippen molar-refractivity contribution < 1.29 is 0 Å². The molecule has 0 radical (unpaired) electrons. The average Bonchev–Trinajstić information content (AvgIpc) is 2.19. The van der Waals surface area contributed by atoms with E-state index in [1.165, 1.54) is 5.56 Å². The summed E-state index contributed by atoms with van der Waals surface area (Å²) in [6.07, 6.45) is 4.14. The zero-order chi connectivity index (χ0) is 5.82. The van der Waals surface area contributed by atoms with Gasteiger partial charge in [0.15, 0.2) is 0 Å². The second kappa shape index (κ2) is 2.68. The van der Waals surface area contributed by atoms with Crippen molar-refractivity contribution in [2.75, 3.05) is 0 Å². The van der Waals surface area contributed by atoms with Gasteiger partial charge in [-0.1, -0.05) is 12.2 Å². The lowest BCUT2D eigenvalue weighted by Gasteiger charge is -1.75. The summed E-state index contributed by atoms with van der Waals surface area (Å²) in [7, 11) is 0. The van der Waals surface area contributed by atoms with E-state index in [-0.39, 0.29) is 0 Å². The SMILES string of the molecule is CC=Cc1ccsc1. The molecule has 0 aromatic carbocycles. The Kier molecular flexibility index (Phi) is 1.86. The predicted molar refractivity (Wildman–Crippen MR) is 39.0 cm³/mol. The summed E-state index contributed by atoms with van der Waals surface area (Å²) in [6, 6.07) is 2.10. The fraction of sp³-hybridized carbons (Fsp3) is 0.143. The van der Waals surface area contributed by atoms with E-state index in [1.807, 2.05) is 13.0 Å². The molecule has 0 aliphatic carbocycles. The molecule has 1 aromatic heterocycles. The third-order valence-corrected chi connectivity index (χ3v) is 1.60. The second-order valence-electron chi connectivity index (χ2n) is 1.56. The van der Waals surface area contributed by atoms with E-state index in [0.29, 0.717) is 0 Å². The Morgan fingerprint density at radius 3 is 3.00 bits per heavy atom. The highest BCUT2D eigenvalue weighted by molar-refractivity contribution is 7.08. The van der Waals surface area contributed by atoms with Gasteiger partial charge in [-0.15, -0.1) is 0 Å². The Morgan fingerprint density at radius 1 is 1.62 bits per heavy atom. The van der Waals surface area contributed by atoms with Gasteiger partial charge in [0.05, 0.1) is 0 Å². The Morgan fingerprint density at radius 2 is 2.50 bits per heavy atom. The molecule has 0 aliphatic rings. The summed E-state index contributed by atoms with van der Waals surface area (Å²) in [6.45, 7) is 2.03. The number of thiophene rings is 1. The minimum absolute atomic E-state index is 1.30. The molecule has 0 amide bonds. The van der Waals surface area contributed by atoms with Gasteiger partial charge < -0.3 is 0 Å². The van der Waals surface area contributed by atoms with Gasteiger partial charge in [-0.2, -0.15) is 11.3 Å². The molecule has 0 saturated heterocycles. The fourth-order valence-electron chi connectivity index (χ4n) is 0.562. The van der Waals surface area contributed by atoms with Crippen molar-refractivity contribution in [3.05, 3.63) is 28.5 Å².